The number of nitrogens with one attached hydrogen (secondary N) is 2. The van der Waals surface area contributed by atoms with Crippen LogP contribution < -0.4 is 10.6 Å². The van der Waals surface area contributed by atoms with Crippen molar-refractivity contribution in [3.05, 3.63) is 40.7 Å². The summed E-state index contributed by atoms with van der Waals surface area (Å²) in [6.45, 7) is 3.71. The van der Waals surface area contributed by atoms with Crippen molar-refractivity contribution in [2.24, 2.45) is 0 Å². The van der Waals surface area contributed by atoms with E-state index in [1.54, 1.807) is 0 Å². The van der Waals surface area contributed by atoms with E-state index in [2.05, 4.69) is 20.6 Å². The molecule has 1 heterocycles. The number of halogens is 4. The molecule has 0 spiro atoms. The second kappa shape index (κ2) is 7.90. The molecule has 1 aromatic heterocycles. The Bertz CT molecular complexity index is 792. The molecule has 0 saturated heterocycles. The lowest BCUT2D eigenvalue weighted by Gasteiger charge is -2.15. The Hall–Kier alpha value is -2.35. The first kappa shape index (κ1) is 20.0. The molecular weight excluding hydrogens is 369 g/mol. The fraction of sp³-hybridized carbons (Fsp3) is 0.353. The van der Waals surface area contributed by atoms with E-state index in [1.807, 2.05) is 13.8 Å². The summed E-state index contributed by atoms with van der Waals surface area (Å²) < 4.78 is 38.2. The van der Waals surface area contributed by atoms with Gasteiger partial charge in [0.25, 0.3) is 0 Å². The van der Waals surface area contributed by atoms with Gasteiger partial charge in [-0.25, -0.2) is 9.97 Å². The summed E-state index contributed by atoms with van der Waals surface area (Å²) in [5, 5.41) is 5.43. The van der Waals surface area contributed by atoms with E-state index in [9.17, 15) is 18.0 Å². The van der Waals surface area contributed by atoms with Gasteiger partial charge in [0.15, 0.2) is 0 Å². The first-order valence-electron chi connectivity index (χ1n) is 7.83. The number of alkyl halides is 3. The van der Waals surface area contributed by atoms with Crippen molar-refractivity contribution in [1.29, 1.82) is 0 Å². The van der Waals surface area contributed by atoms with Gasteiger partial charge in [-0.05, 0) is 12.1 Å². The van der Waals surface area contributed by atoms with Crippen LogP contribution in [0.1, 0.15) is 31.2 Å². The number of aromatic nitrogens is 2. The molecule has 0 unspecified atom stereocenters. The highest BCUT2D eigenvalue weighted by molar-refractivity contribution is 6.35. The molecule has 0 bridgehead atoms. The summed E-state index contributed by atoms with van der Waals surface area (Å²) >= 11 is 6.33. The molecule has 0 aliphatic heterocycles. The van der Waals surface area contributed by atoms with Crippen molar-refractivity contribution in [2.45, 2.75) is 25.9 Å². The molecule has 2 aromatic rings. The zero-order chi connectivity index (χ0) is 19.5. The van der Waals surface area contributed by atoms with Crippen LogP contribution in [-0.2, 0) is 11.0 Å². The predicted molar refractivity (Wildman–Crippen MR) is 94.1 cm³/mol. The highest BCUT2D eigenvalue weighted by Gasteiger charge is 2.30. The van der Waals surface area contributed by atoms with Crippen LogP contribution in [0.3, 0.4) is 0 Å². The molecule has 140 valence electrons. The number of carbonyl (C=O) groups is 1. The topological polar surface area (TPSA) is 66.9 Å². The van der Waals surface area contributed by atoms with Gasteiger partial charge in [-0.15, -0.1) is 0 Å². The van der Waals surface area contributed by atoms with E-state index in [0.29, 0.717) is 17.1 Å². The zero-order valence-electron chi connectivity index (χ0n) is 14.4. The lowest BCUT2D eigenvalue weighted by Crippen LogP contribution is -2.26. The number of nitrogens with zero attached hydrogens (tertiary/aromatic N) is 2. The van der Waals surface area contributed by atoms with Crippen molar-refractivity contribution < 1.29 is 18.0 Å². The van der Waals surface area contributed by atoms with Crippen LogP contribution in [0.25, 0.3) is 11.3 Å². The standard InChI is InChI=1S/C17H18ClF3N4O/c1-9(2)15-24-14(10-4-6-11(7-5-10)17(19,20)21)13(18)16(25-15)23-8-12(26)22-3/h4-7,9H,8H2,1-3H3,(H,22,26)(H,23,24,25). The molecule has 5 nitrogen and oxygen atoms in total. The fourth-order valence-corrected chi connectivity index (χ4v) is 2.36. The molecule has 2 N–H and O–H groups in total. The minimum absolute atomic E-state index is 0.0407. The SMILES string of the molecule is CNC(=O)CNc1nc(C(C)C)nc(-c2ccc(C(F)(F)F)cc2)c1Cl. The van der Waals surface area contributed by atoms with Crippen LogP contribution in [-0.4, -0.2) is 29.5 Å². The molecule has 26 heavy (non-hydrogen) atoms. The third-order valence-corrected chi connectivity index (χ3v) is 3.92. The average Bonchev–Trinajstić information content (AvgIpc) is 2.59. The van der Waals surface area contributed by atoms with Crippen LogP contribution in [0.5, 0.6) is 0 Å². The van der Waals surface area contributed by atoms with Gasteiger partial charge in [-0.3, -0.25) is 4.79 Å². The van der Waals surface area contributed by atoms with Crippen LogP contribution >= 0.6 is 11.6 Å². The molecule has 1 aromatic carbocycles. The highest BCUT2D eigenvalue weighted by atomic mass is 35.5. The van der Waals surface area contributed by atoms with E-state index in [1.165, 1.54) is 19.2 Å². The van der Waals surface area contributed by atoms with Gasteiger partial charge in [0.2, 0.25) is 5.91 Å². The van der Waals surface area contributed by atoms with Crippen molar-refractivity contribution in [3.63, 3.8) is 0 Å². The maximum absolute atomic E-state index is 12.7. The van der Waals surface area contributed by atoms with Gasteiger partial charge in [0.1, 0.15) is 16.7 Å². The quantitative estimate of drug-likeness (QED) is 0.812. The maximum atomic E-state index is 12.7. The first-order valence-corrected chi connectivity index (χ1v) is 8.20. The molecule has 0 aliphatic rings. The number of hydrogen-bond acceptors (Lipinski definition) is 4. The average molecular weight is 387 g/mol. The lowest BCUT2D eigenvalue weighted by atomic mass is 10.1. The maximum Gasteiger partial charge on any atom is 0.416 e. The van der Waals surface area contributed by atoms with Crippen LogP contribution in [0.2, 0.25) is 5.02 Å². The van der Waals surface area contributed by atoms with Gasteiger partial charge in [0.05, 0.1) is 17.8 Å². The van der Waals surface area contributed by atoms with Gasteiger partial charge < -0.3 is 10.6 Å². The van der Waals surface area contributed by atoms with E-state index in [0.717, 1.165) is 12.1 Å². The normalized spacial score (nSPS) is 11.5. The molecule has 2 rings (SSSR count). The Morgan fingerprint density at radius 3 is 2.31 bits per heavy atom. The number of likely N-dealkylation sites (N-methyl/N-ethyl adjacent to an activating group) is 1. The second-order valence-electron chi connectivity index (χ2n) is 5.85. The minimum atomic E-state index is -4.42. The van der Waals surface area contributed by atoms with Crippen molar-refractivity contribution >= 4 is 23.3 Å². The fourth-order valence-electron chi connectivity index (χ4n) is 2.10. The van der Waals surface area contributed by atoms with Crippen molar-refractivity contribution in [1.82, 2.24) is 15.3 Å². The summed E-state index contributed by atoms with van der Waals surface area (Å²) in [6, 6.07) is 4.56. The Morgan fingerprint density at radius 2 is 1.81 bits per heavy atom. The van der Waals surface area contributed by atoms with Crippen LogP contribution in [0.15, 0.2) is 24.3 Å². The van der Waals surface area contributed by atoms with E-state index in [-0.39, 0.29) is 29.2 Å². The molecule has 0 saturated carbocycles. The van der Waals surface area contributed by atoms with E-state index < -0.39 is 11.7 Å². The molecular formula is C17H18ClF3N4O. The minimum Gasteiger partial charge on any atom is -0.360 e. The number of hydrogen-bond donors (Lipinski definition) is 2. The van der Waals surface area contributed by atoms with Gasteiger partial charge in [-0.2, -0.15) is 13.2 Å². The van der Waals surface area contributed by atoms with Crippen molar-refractivity contribution in [2.75, 3.05) is 18.9 Å². The number of amides is 1. The molecule has 9 heteroatoms. The third kappa shape index (κ3) is 4.63. The third-order valence-electron chi connectivity index (χ3n) is 3.57. The Balaban J connectivity index is 2.46. The monoisotopic (exact) mass is 386 g/mol. The molecule has 1 amide bonds. The van der Waals surface area contributed by atoms with Gasteiger partial charge >= 0.3 is 6.18 Å². The Labute approximate surface area is 154 Å². The van der Waals surface area contributed by atoms with Gasteiger partial charge in [-0.1, -0.05) is 37.6 Å². The first-order chi connectivity index (χ1) is 12.1. The summed E-state index contributed by atoms with van der Waals surface area (Å²) in [4.78, 5) is 20.1. The Kier molecular flexibility index (Phi) is 6.07. The largest absolute Gasteiger partial charge is 0.416 e. The number of benzene rings is 1. The summed E-state index contributed by atoms with van der Waals surface area (Å²) in [5.74, 6) is 0.412. The highest BCUT2D eigenvalue weighted by Crippen LogP contribution is 2.35. The van der Waals surface area contributed by atoms with E-state index in [4.69, 9.17) is 11.6 Å². The summed E-state index contributed by atoms with van der Waals surface area (Å²) in [7, 11) is 1.50. The number of rotatable bonds is 5. The second-order valence-corrected chi connectivity index (χ2v) is 6.23. The number of anilines is 1. The van der Waals surface area contributed by atoms with Crippen LogP contribution in [0, 0.1) is 0 Å². The summed E-state index contributed by atoms with van der Waals surface area (Å²) in [6.07, 6.45) is -4.42. The molecule has 0 atom stereocenters. The predicted octanol–water partition coefficient (Wildman–Crippen LogP) is 4.10. The number of carbonyl (C=O) groups excluding carboxylic acids is 1. The van der Waals surface area contributed by atoms with Crippen molar-refractivity contribution in [3.8, 4) is 11.3 Å². The summed E-state index contributed by atoms with van der Waals surface area (Å²) in [5.41, 5.74) is -0.0257. The zero-order valence-corrected chi connectivity index (χ0v) is 15.2. The smallest absolute Gasteiger partial charge is 0.360 e. The molecule has 0 radical (unpaired) electrons. The van der Waals surface area contributed by atoms with Gasteiger partial charge in [0, 0.05) is 18.5 Å². The van der Waals surface area contributed by atoms with E-state index >= 15 is 0 Å². The Morgan fingerprint density at radius 1 is 1.19 bits per heavy atom. The molecule has 0 aliphatic carbocycles. The van der Waals surface area contributed by atoms with Crippen LogP contribution in [0.4, 0.5) is 19.0 Å². The lowest BCUT2D eigenvalue weighted by molar-refractivity contribution is -0.137. The molecule has 0 fully saturated rings.